The summed E-state index contributed by atoms with van der Waals surface area (Å²) in [4.78, 5) is 12.2. The summed E-state index contributed by atoms with van der Waals surface area (Å²) in [5, 5.41) is 23.1. The van der Waals surface area contributed by atoms with E-state index in [-0.39, 0.29) is 29.0 Å². The van der Waals surface area contributed by atoms with Crippen LogP contribution in [0.5, 0.6) is 0 Å². The second-order valence-electron chi connectivity index (χ2n) is 13.8. The molecule has 3 heteroatoms. The molecule has 5 saturated carbocycles. The number of aliphatic hydroxyl groups excluding tert-OH is 2. The van der Waals surface area contributed by atoms with Crippen molar-refractivity contribution in [3.05, 3.63) is 0 Å². The average Bonchev–Trinajstić information content (AvgIpc) is 3.40. The van der Waals surface area contributed by atoms with Gasteiger partial charge in [0.15, 0.2) is 0 Å². The third-order valence-electron chi connectivity index (χ3n) is 12.3. The number of ketones is 1. The van der Waals surface area contributed by atoms with Gasteiger partial charge in [-0.15, -0.1) is 0 Å². The number of rotatable bonds is 5. The minimum absolute atomic E-state index is 0.163. The van der Waals surface area contributed by atoms with Crippen molar-refractivity contribution in [2.75, 3.05) is 0 Å². The minimum Gasteiger partial charge on any atom is -0.393 e. The summed E-state index contributed by atoms with van der Waals surface area (Å²) in [5.74, 6) is 5.79. The van der Waals surface area contributed by atoms with Crippen LogP contribution in [0.1, 0.15) is 98.8 Å². The van der Waals surface area contributed by atoms with Gasteiger partial charge in [-0.25, -0.2) is 0 Å². The van der Waals surface area contributed by atoms with E-state index in [1.54, 1.807) is 0 Å². The smallest absolute Gasteiger partial charge is 0.133 e. The predicted molar refractivity (Wildman–Crippen MR) is 128 cm³/mol. The number of carbonyl (C=O) groups is 1. The lowest BCUT2D eigenvalue weighted by molar-refractivity contribution is -0.172. The van der Waals surface area contributed by atoms with Crippen molar-refractivity contribution in [3.63, 3.8) is 0 Å². The lowest BCUT2D eigenvalue weighted by Gasteiger charge is -2.61. The summed E-state index contributed by atoms with van der Waals surface area (Å²) in [6, 6.07) is 0. The molecular formula is C29H48O3. The van der Waals surface area contributed by atoms with Gasteiger partial charge < -0.3 is 10.2 Å². The van der Waals surface area contributed by atoms with E-state index in [1.165, 1.54) is 32.1 Å². The molecule has 5 rings (SSSR count). The van der Waals surface area contributed by atoms with Crippen LogP contribution >= 0.6 is 0 Å². The Morgan fingerprint density at radius 3 is 2.38 bits per heavy atom. The number of aliphatic hydroxyl groups is 2. The molecule has 5 fully saturated rings. The molecule has 3 nitrogen and oxygen atoms in total. The van der Waals surface area contributed by atoms with Crippen LogP contribution < -0.4 is 0 Å². The zero-order valence-electron chi connectivity index (χ0n) is 21.2. The Bertz CT molecular complexity index is 734. The van der Waals surface area contributed by atoms with Gasteiger partial charge in [0.05, 0.1) is 12.2 Å². The Morgan fingerprint density at radius 2 is 1.69 bits per heavy atom. The molecule has 13 atom stereocenters. The molecule has 182 valence electrons. The van der Waals surface area contributed by atoms with Crippen molar-refractivity contribution in [1.29, 1.82) is 0 Å². The third kappa shape index (κ3) is 3.46. The summed E-state index contributed by atoms with van der Waals surface area (Å²) in [6.07, 6.45) is 9.84. The van der Waals surface area contributed by atoms with Gasteiger partial charge in [-0.3, -0.25) is 4.79 Å². The summed E-state index contributed by atoms with van der Waals surface area (Å²) >= 11 is 0. The number of hydrogen-bond acceptors (Lipinski definition) is 3. The van der Waals surface area contributed by atoms with Gasteiger partial charge in [0.25, 0.3) is 0 Å². The summed E-state index contributed by atoms with van der Waals surface area (Å²) in [7, 11) is 0. The highest BCUT2D eigenvalue weighted by Gasteiger charge is 2.65. The van der Waals surface area contributed by atoms with Crippen molar-refractivity contribution in [2.24, 2.45) is 64.1 Å². The van der Waals surface area contributed by atoms with Crippen molar-refractivity contribution in [1.82, 2.24) is 0 Å². The van der Waals surface area contributed by atoms with Gasteiger partial charge in [-0.1, -0.05) is 47.5 Å². The second kappa shape index (κ2) is 8.08. The predicted octanol–water partition coefficient (Wildman–Crippen LogP) is 5.86. The van der Waals surface area contributed by atoms with Crippen LogP contribution in [0.25, 0.3) is 0 Å². The zero-order chi connectivity index (χ0) is 23.0. The quantitative estimate of drug-likeness (QED) is 0.558. The van der Waals surface area contributed by atoms with Gasteiger partial charge in [-0.05, 0) is 97.2 Å². The van der Waals surface area contributed by atoms with Crippen LogP contribution in [0.3, 0.4) is 0 Å². The van der Waals surface area contributed by atoms with Crippen LogP contribution in [0, 0.1) is 64.1 Å². The fourth-order valence-corrected chi connectivity index (χ4v) is 10.1. The minimum atomic E-state index is -0.326. The van der Waals surface area contributed by atoms with Crippen molar-refractivity contribution < 1.29 is 15.0 Å². The molecule has 0 aliphatic heterocycles. The van der Waals surface area contributed by atoms with Crippen molar-refractivity contribution >= 4 is 5.78 Å². The number of hydrogen-bond donors (Lipinski definition) is 2. The molecule has 0 aromatic heterocycles. The molecule has 0 heterocycles. The monoisotopic (exact) mass is 444 g/mol. The lowest BCUT2D eigenvalue weighted by atomic mass is 9.44. The summed E-state index contributed by atoms with van der Waals surface area (Å²) < 4.78 is 0. The summed E-state index contributed by atoms with van der Waals surface area (Å²) in [6.45, 7) is 11.9. The molecule has 0 saturated heterocycles. The van der Waals surface area contributed by atoms with Gasteiger partial charge in [0.2, 0.25) is 0 Å². The Balaban J connectivity index is 1.34. The van der Waals surface area contributed by atoms with E-state index in [2.05, 4.69) is 34.6 Å². The van der Waals surface area contributed by atoms with Gasteiger partial charge in [0, 0.05) is 18.3 Å². The first-order valence-corrected chi connectivity index (χ1v) is 13.9. The highest BCUT2D eigenvalue weighted by atomic mass is 16.3. The topological polar surface area (TPSA) is 57.5 Å². The maximum atomic E-state index is 12.2. The standard InChI is InChI=1S/C29H48O3/c1-16(22-12-18(22)3)6-7-17(2)27-25(31)14-24-21-9-8-19-13-20(30)10-11-28(19,4)23(21)15-26(32)29(24,27)5/h16-19,21-27,31-32H,6-15H2,1-5H3/t16-,17-,18-,19+,21-,22-,23+,24+,25-,26-,27+,28+,29-/m1/s1. The first-order chi connectivity index (χ1) is 15.1. The molecule has 5 aliphatic carbocycles. The summed E-state index contributed by atoms with van der Waals surface area (Å²) in [5.41, 5.74) is 0.0357. The first-order valence-electron chi connectivity index (χ1n) is 13.9. The van der Waals surface area contributed by atoms with Crippen molar-refractivity contribution in [2.45, 2.75) is 111 Å². The van der Waals surface area contributed by atoms with E-state index >= 15 is 0 Å². The average molecular weight is 445 g/mol. The first kappa shape index (κ1) is 23.3. The van der Waals surface area contributed by atoms with E-state index < -0.39 is 0 Å². The molecule has 0 bridgehead atoms. The molecule has 32 heavy (non-hydrogen) atoms. The fraction of sp³-hybridized carbons (Fsp3) is 0.966. The number of fused-ring (bicyclic) bond motifs is 5. The third-order valence-corrected chi connectivity index (χ3v) is 12.3. The molecule has 0 aromatic carbocycles. The highest BCUT2D eigenvalue weighted by molar-refractivity contribution is 5.79. The Kier molecular flexibility index (Phi) is 5.89. The molecule has 0 unspecified atom stereocenters. The second-order valence-corrected chi connectivity index (χ2v) is 13.8. The molecule has 5 aliphatic rings. The fourth-order valence-electron chi connectivity index (χ4n) is 10.1. The molecular weight excluding hydrogens is 396 g/mol. The Morgan fingerprint density at radius 1 is 1.00 bits per heavy atom. The van der Waals surface area contributed by atoms with Crippen molar-refractivity contribution in [3.8, 4) is 0 Å². The molecule has 2 N–H and O–H groups in total. The van der Waals surface area contributed by atoms with Gasteiger partial charge >= 0.3 is 0 Å². The van der Waals surface area contributed by atoms with E-state index in [0.29, 0.717) is 35.4 Å². The number of Topliss-reactive ketones (excluding diaryl/α,β-unsaturated/α-hetero) is 1. The van der Waals surface area contributed by atoms with Gasteiger partial charge in [-0.2, -0.15) is 0 Å². The molecule has 0 aromatic rings. The van der Waals surface area contributed by atoms with Gasteiger partial charge in [0.1, 0.15) is 5.78 Å². The highest BCUT2D eigenvalue weighted by Crippen LogP contribution is 2.68. The largest absolute Gasteiger partial charge is 0.393 e. The van der Waals surface area contributed by atoms with Crippen LogP contribution in [-0.2, 0) is 4.79 Å². The lowest BCUT2D eigenvalue weighted by Crippen LogP contribution is -2.58. The van der Waals surface area contributed by atoms with E-state index in [4.69, 9.17) is 0 Å². The van der Waals surface area contributed by atoms with E-state index in [1.807, 2.05) is 0 Å². The maximum absolute atomic E-state index is 12.2. The van der Waals surface area contributed by atoms with Crippen LogP contribution in [-0.4, -0.2) is 28.2 Å². The van der Waals surface area contributed by atoms with Crippen LogP contribution in [0.15, 0.2) is 0 Å². The SMILES string of the molecule is C[C@H](CC[C@@H](C)[C@H]1[C@H](O)C[C@H]2[C@@H]3CC[C@H]4CC(=O)CC[C@]4(C)[C@H]3C[C@@H](O)[C@]12C)[C@H]1C[C@H]1C. The van der Waals surface area contributed by atoms with Crippen LogP contribution in [0.2, 0.25) is 0 Å². The molecule has 0 radical (unpaired) electrons. The van der Waals surface area contributed by atoms with Crippen LogP contribution in [0.4, 0.5) is 0 Å². The Hall–Kier alpha value is -0.410. The van der Waals surface area contributed by atoms with E-state index in [0.717, 1.165) is 49.9 Å². The number of carbonyl (C=O) groups excluding carboxylic acids is 1. The molecule has 0 spiro atoms. The Labute approximate surface area is 196 Å². The normalized spacial score (nSPS) is 54.3. The zero-order valence-corrected chi connectivity index (χ0v) is 21.2. The molecule has 0 amide bonds. The van der Waals surface area contributed by atoms with E-state index in [9.17, 15) is 15.0 Å². The maximum Gasteiger partial charge on any atom is 0.133 e.